The first-order valence-corrected chi connectivity index (χ1v) is 10.1. The molecule has 0 radical (unpaired) electrons. The minimum absolute atomic E-state index is 0.0210. The van der Waals surface area contributed by atoms with Crippen molar-refractivity contribution in [3.8, 4) is 17.2 Å². The molecule has 0 spiro atoms. The van der Waals surface area contributed by atoms with E-state index >= 15 is 0 Å². The first-order chi connectivity index (χ1) is 13.6. The number of hydrogen-bond donors (Lipinski definition) is 0. The van der Waals surface area contributed by atoms with Crippen LogP contribution in [0.4, 0.5) is 5.69 Å². The average molecular weight is 401 g/mol. The third-order valence-electron chi connectivity index (χ3n) is 4.30. The Bertz CT molecular complexity index is 862. The van der Waals surface area contributed by atoms with Gasteiger partial charge >= 0.3 is 0 Å². The summed E-state index contributed by atoms with van der Waals surface area (Å²) in [6, 6.07) is 12.8. The van der Waals surface area contributed by atoms with E-state index in [0.717, 1.165) is 5.75 Å². The largest absolute Gasteiger partial charge is 0.497 e. The number of ether oxygens (including phenoxy) is 3. The van der Waals surface area contributed by atoms with Crippen LogP contribution in [-0.4, -0.2) is 48.6 Å². The highest BCUT2D eigenvalue weighted by atomic mass is 32.2. The lowest BCUT2D eigenvalue weighted by Gasteiger charge is -2.22. The van der Waals surface area contributed by atoms with E-state index in [1.165, 1.54) is 0 Å². The van der Waals surface area contributed by atoms with Crippen LogP contribution in [0.25, 0.3) is 0 Å². The standard InChI is InChI=1S/C21H24N2O4S/c1-5-27-19-9-7-6-8-18(19)22-21-23(14(2)13-28-21)20(24)15-10-16(25-3)12-17(11-15)26-4/h6-12,14H,5,13H2,1-4H3/t14-/m0/s1. The van der Waals surface area contributed by atoms with Gasteiger partial charge in [-0.15, -0.1) is 0 Å². The highest BCUT2D eigenvalue weighted by Crippen LogP contribution is 2.33. The summed E-state index contributed by atoms with van der Waals surface area (Å²) in [6.45, 7) is 4.50. The number of hydrogen-bond acceptors (Lipinski definition) is 6. The molecule has 0 saturated carbocycles. The van der Waals surface area contributed by atoms with Crippen molar-refractivity contribution < 1.29 is 19.0 Å². The fraction of sp³-hybridized carbons (Fsp3) is 0.333. The highest BCUT2D eigenvalue weighted by Gasteiger charge is 2.33. The number of thioether (sulfide) groups is 1. The molecule has 148 valence electrons. The molecule has 1 saturated heterocycles. The Hall–Kier alpha value is -2.67. The summed E-state index contributed by atoms with van der Waals surface area (Å²) in [7, 11) is 3.13. The lowest BCUT2D eigenvalue weighted by Crippen LogP contribution is -2.37. The predicted molar refractivity (Wildman–Crippen MR) is 112 cm³/mol. The molecule has 2 aromatic carbocycles. The van der Waals surface area contributed by atoms with Crippen molar-refractivity contribution in [2.24, 2.45) is 4.99 Å². The van der Waals surface area contributed by atoms with Gasteiger partial charge in [-0.1, -0.05) is 23.9 Å². The second-order valence-electron chi connectivity index (χ2n) is 6.23. The van der Waals surface area contributed by atoms with Gasteiger partial charge in [0.05, 0.1) is 20.8 Å². The van der Waals surface area contributed by atoms with Crippen LogP contribution >= 0.6 is 11.8 Å². The smallest absolute Gasteiger partial charge is 0.260 e. The molecule has 1 heterocycles. The highest BCUT2D eigenvalue weighted by molar-refractivity contribution is 8.14. The second-order valence-corrected chi connectivity index (χ2v) is 7.22. The molecule has 1 aliphatic heterocycles. The van der Waals surface area contributed by atoms with Crippen LogP contribution in [0.5, 0.6) is 17.2 Å². The number of amides is 1. The number of aliphatic imine (C=N–C) groups is 1. The first kappa shape index (κ1) is 20.1. The van der Waals surface area contributed by atoms with E-state index in [1.807, 2.05) is 38.1 Å². The van der Waals surface area contributed by atoms with E-state index in [2.05, 4.69) is 0 Å². The third-order valence-corrected chi connectivity index (χ3v) is 5.49. The average Bonchev–Trinajstić information content (AvgIpc) is 3.08. The van der Waals surface area contributed by atoms with E-state index in [1.54, 1.807) is 49.1 Å². The third kappa shape index (κ3) is 4.25. The maximum Gasteiger partial charge on any atom is 0.260 e. The number of methoxy groups -OCH3 is 2. The van der Waals surface area contributed by atoms with Crippen molar-refractivity contribution in [2.75, 3.05) is 26.6 Å². The maximum atomic E-state index is 13.3. The number of amidine groups is 1. The summed E-state index contributed by atoms with van der Waals surface area (Å²) in [6.07, 6.45) is 0. The molecule has 1 aliphatic rings. The topological polar surface area (TPSA) is 60.4 Å². The Morgan fingerprint density at radius 3 is 2.50 bits per heavy atom. The monoisotopic (exact) mass is 400 g/mol. The molecule has 28 heavy (non-hydrogen) atoms. The minimum atomic E-state index is -0.137. The van der Waals surface area contributed by atoms with Gasteiger partial charge in [0.15, 0.2) is 5.17 Å². The number of carbonyl (C=O) groups is 1. The molecule has 3 rings (SSSR count). The van der Waals surface area contributed by atoms with Crippen LogP contribution < -0.4 is 14.2 Å². The quantitative estimate of drug-likeness (QED) is 0.721. The van der Waals surface area contributed by atoms with Gasteiger partial charge in [-0.3, -0.25) is 9.69 Å². The van der Waals surface area contributed by atoms with Gasteiger partial charge in [0.2, 0.25) is 0 Å². The Morgan fingerprint density at radius 1 is 1.18 bits per heavy atom. The van der Waals surface area contributed by atoms with Gasteiger partial charge in [0.1, 0.15) is 22.9 Å². The summed E-state index contributed by atoms with van der Waals surface area (Å²) < 4.78 is 16.3. The fourth-order valence-corrected chi connectivity index (χ4v) is 4.01. The molecular weight excluding hydrogens is 376 g/mol. The molecule has 0 aliphatic carbocycles. The lowest BCUT2D eigenvalue weighted by molar-refractivity contribution is 0.0828. The van der Waals surface area contributed by atoms with Crippen molar-refractivity contribution >= 4 is 28.5 Å². The summed E-state index contributed by atoms with van der Waals surface area (Å²) in [5.41, 5.74) is 1.21. The van der Waals surface area contributed by atoms with Crippen molar-refractivity contribution in [2.45, 2.75) is 19.9 Å². The van der Waals surface area contributed by atoms with Gasteiger partial charge < -0.3 is 14.2 Å². The van der Waals surface area contributed by atoms with Crippen molar-refractivity contribution in [1.29, 1.82) is 0 Å². The second kappa shape index (κ2) is 9.01. The molecular formula is C21H24N2O4S. The molecule has 2 aromatic rings. The molecule has 0 aromatic heterocycles. The number of nitrogens with zero attached hydrogens (tertiary/aromatic N) is 2. The summed E-state index contributed by atoms with van der Waals surface area (Å²) in [5, 5.41) is 0.659. The number of rotatable bonds is 6. The van der Waals surface area contributed by atoms with Gasteiger partial charge in [0.25, 0.3) is 5.91 Å². The zero-order chi connectivity index (χ0) is 20.1. The van der Waals surface area contributed by atoms with Crippen LogP contribution in [0.2, 0.25) is 0 Å². The Morgan fingerprint density at radius 2 is 1.86 bits per heavy atom. The zero-order valence-electron chi connectivity index (χ0n) is 16.5. The summed E-state index contributed by atoms with van der Waals surface area (Å²) >= 11 is 1.56. The van der Waals surface area contributed by atoms with Gasteiger partial charge in [-0.25, -0.2) is 4.99 Å². The SMILES string of the molecule is CCOc1ccccc1N=C1SC[C@H](C)N1C(=O)c1cc(OC)cc(OC)c1. The molecule has 0 N–H and O–H groups in total. The molecule has 0 bridgehead atoms. The zero-order valence-corrected chi connectivity index (χ0v) is 17.3. The van der Waals surface area contributed by atoms with Gasteiger partial charge in [-0.2, -0.15) is 0 Å². The van der Waals surface area contributed by atoms with Crippen molar-refractivity contribution in [1.82, 2.24) is 4.90 Å². The van der Waals surface area contributed by atoms with Crippen LogP contribution in [0.3, 0.4) is 0 Å². The molecule has 6 nitrogen and oxygen atoms in total. The molecule has 1 fully saturated rings. The van der Waals surface area contributed by atoms with Crippen molar-refractivity contribution in [3.63, 3.8) is 0 Å². The summed E-state index contributed by atoms with van der Waals surface area (Å²) in [4.78, 5) is 19.8. The van der Waals surface area contributed by atoms with Gasteiger partial charge in [-0.05, 0) is 38.1 Å². The predicted octanol–water partition coefficient (Wildman–Crippen LogP) is 4.37. The van der Waals surface area contributed by atoms with Crippen LogP contribution in [-0.2, 0) is 0 Å². The fourth-order valence-electron chi connectivity index (χ4n) is 2.90. The number of carbonyl (C=O) groups excluding carboxylic acids is 1. The van der Waals surface area contributed by atoms with Gasteiger partial charge in [0, 0.05) is 23.4 Å². The Kier molecular flexibility index (Phi) is 6.46. The van der Waals surface area contributed by atoms with Crippen LogP contribution in [0.1, 0.15) is 24.2 Å². The lowest BCUT2D eigenvalue weighted by atomic mass is 10.1. The first-order valence-electron chi connectivity index (χ1n) is 9.07. The molecule has 7 heteroatoms. The number of benzene rings is 2. The van der Waals surface area contributed by atoms with E-state index in [-0.39, 0.29) is 11.9 Å². The van der Waals surface area contributed by atoms with E-state index in [0.29, 0.717) is 40.3 Å². The van der Waals surface area contributed by atoms with Crippen LogP contribution in [0.15, 0.2) is 47.5 Å². The van der Waals surface area contributed by atoms with E-state index in [4.69, 9.17) is 19.2 Å². The van der Waals surface area contributed by atoms with Crippen LogP contribution in [0, 0.1) is 0 Å². The molecule has 1 atom stereocenters. The van der Waals surface area contributed by atoms with E-state index < -0.39 is 0 Å². The normalized spacial score (nSPS) is 17.6. The molecule has 1 amide bonds. The Balaban J connectivity index is 1.97. The Labute approximate surface area is 169 Å². The maximum absolute atomic E-state index is 13.3. The van der Waals surface area contributed by atoms with E-state index in [9.17, 15) is 4.79 Å². The molecule has 0 unspecified atom stereocenters. The minimum Gasteiger partial charge on any atom is -0.497 e. The number of para-hydroxylation sites is 2. The van der Waals surface area contributed by atoms with Crippen molar-refractivity contribution in [3.05, 3.63) is 48.0 Å². The summed E-state index contributed by atoms with van der Waals surface area (Å²) in [5.74, 6) is 2.49.